The van der Waals surface area contributed by atoms with E-state index < -0.39 is 24.3 Å². The van der Waals surface area contributed by atoms with Crippen LogP contribution in [0.5, 0.6) is 0 Å². The van der Waals surface area contributed by atoms with Crippen molar-refractivity contribution >= 4 is 34.9 Å². The molecule has 6 atom stereocenters. The molecule has 60 heavy (non-hydrogen) atoms. The monoisotopic (exact) mass is 817 g/mol. The van der Waals surface area contributed by atoms with E-state index in [1.165, 1.54) is 14.2 Å². The molecule has 2 fully saturated rings. The van der Waals surface area contributed by atoms with Gasteiger partial charge in [0.2, 0.25) is 11.8 Å². The number of aromatic nitrogens is 5. The number of benzene rings is 2. The Morgan fingerprint density at radius 1 is 0.667 bits per heavy atom. The molecule has 0 bridgehead atoms. The van der Waals surface area contributed by atoms with Gasteiger partial charge in [-0.2, -0.15) is 0 Å². The first-order chi connectivity index (χ1) is 28.7. The van der Waals surface area contributed by atoms with E-state index in [2.05, 4.69) is 70.8 Å². The van der Waals surface area contributed by atoms with Crippen LogP contribution < -0.4 is 10.6 Å². The van der Waals surface area contributed by atoms with Gasteiger partial charge in [-0.15, -0.1) is 0 Å². The molecule has 316 valence electrons. The van der Waals surface area contributed by atoms with Crippen molar-refractivity contribution in [2.24, 2.45) is 23.7 Å². The molecular weight excluding hydrogens is 763 g/mol. The molecule has 5 aromatic rings. The highest BCUT2D eigenvalue weighted by Gasteiger charge is 2.41. The van der Waals surface area contributed by atoms with Crippen LogP contribution in [-0.4, -0.2) is 98.1 Å². The zero-order chi connectivity index (χ0) is 42.8. The molecule has 2 saturated heterocycles. The van der Waals surface area contributed by atoms with Gasteiger partial charge in [0.15, 0.2) is 0 Å². The second-order valence-corrected chi connectivity index (χ2v) is 17.0. The molecule has 0 saturated carbocycles. The normalized spacial score (nSPS) is 20.1. The van der Waals surface area contributed by atoms with Crippen LogP contribution in [0.25, 0.3) is 44.7 Å². The number of nitrogens with one attached hydrogen (secondary N) is 4. The molecule has 0 radical (unpaired) electrons. The van der Waals surface area contributed by atoms with Crippen LogP contribution in [0, 0.1) is 23.7 Å². The zero-order valence-corrected chi connectivity index (χ0v) is 35.5. The molecule has 1 unspecified atom stereocenters. The summed E-state index contributed by atoms with van der Waals surface area (Å²) in [7, 11) is 2.58. The van der Waals surface area contributed by atoms with Crippen LogP contribution in [0.2, 0.25) is 0 Å². The van der Waals surface area contributed by atoms with E-state index in [1.807, 2.05) is 61.9 Å². The minimum atomic E-state index is -0.713. The molecule has 2 aliphatic rings. The van der Waals surface area contributed by atoms with Crippen LogP contribution >= 0.6 is 0 Å². The average molecular weight is 818 g/mol. The lowest BCUT2D eigenvalue weighted by Crippen LogP contribution is -2.51. The van der Waals surface area contributed by atoms with Gasteiger partial charge < -0.3 is 39.9 Å². The van der Waals surface area contributed by atoms with Crippen molar-refractivity contribution in [3.05, 3.63) is 78.6 Å². The number of rotatable bonds is 11. The molecule has 0 aliphatic carbocycles. The lowest BCUT2D eigenvalue weighted by molar-refractivity contribution is -0.136. The molecule has 4 amide bonds. The first kappa shape index (κ1) is 41.9. The Morgan fingerprint density at radius 3 is 1.67 bits per heavy atom. The van der Waals surface area contributed by atoms with Gasteiger partial charge in [-0.25, -0.2) is 24.5 Å². The maximum atomic E-state index is 13.7. The molecule has 0 spiro atoms. The van der Waals surface area contributed by atoms with Gasteiger partial charge in [-0.1, -0.05) is 77.9 Å². The quantitative estimate of drug-likeness (QED) is 0.106. The summed E-state index contributed by atoms with van der Waals surface area (Å²) in [4.78, 5) is 76.4. The molecule has 4 N–H and O–H groups in total. The summed E-state index contributed by atoms with van der Waals surface area (Å²) in [5.74, 6) is 1.40. The number of hydrogen-bond acceptors (Lipinski definition) is 9. The lowest BCUT2D eigenvalue weighted by Gasteiger charge is -2.30. The third kappa shape index (κ3) is 8.70. The number of hydrogen-bond donors (Lipinski definition) is 4. The Balaban J connectivity index is 1.04. The number of methoxy groups -OCH3 is 2. The molecule has 15 heteroatoms. The second kappa shape index (κ2) is 17.5. The predicted octanol–water partition coefficient (Wildman–Crippen LogP) is 7.26. The summed E-state index contributed by atoms with van der Waals surface area (Å²) in [6, 6.07) is 16.6. The number of H-pyrrole nitrogens is 2. The molecular formula is C45H55N9O6. The van der Waals surface area contributed by atoms with E-state index >= 15 is 0 Å². The number of carbonyl (C=O) groups is 4. The van der Waals surface area contributed by atoms with Crippen LogP contribution in [-0.2, 0) is 19.1 Å². The van der Waals surface area contributed by atoms with Crippen molar-refractivity contribution in [2.45, 2.75) is 78.6 Å². The van der Waals surface area contributed by atoms with Gasteiger partial charge in [0.1, 0.15) is 23.7 Å². The highest BCUT2D eigenvalue weighted by molar-refractivity contribution is 5.88. The molecule has 15 nitrogen and oxygen atoms in total. The largest absolute Gasteiger partial charge is 0.453 e. The number of alkyl carbamates (subject to hydrolysis) is 2. The van der Waals surface area contributed by atoms with E-state index in [4.69, 9.17) is 24.4 Å². The summed E-state index contributed by atoms with van der Waals surface area (Å²) in [6.45, 7) is 13.0. The highest BCUT2D eigenvalue weighted by Crippen LogP contribution is 2.38. The number of pyridine rings is 1. The minimum absolute atomic E-state index is 0.117. The highest BCUT2D eigenvalue weighted by atomic mass is 16.5. The fraction of sp³-hybridized carbons (Fsp3) is 0.444. The van der Waals surface area contributed by atoms with Crippen molar-refractivity contribution in [1.82, 2.24) is 45.4 Å². The zero-order valence-electron chi connectivity index (χ0n) is 35.5. The van der Waals surface area contributed by atoms with E-state index in [0.29, 0.717) is 18.9 Å². The Hall–Kier alpha value is -6.25. The van der Waals surface area contributed by atoms with Gasteiger partial charge in [-0.05, 0) is 71.4 Å². The number of nitrogens with zero attached hydrogens (tertiary/aromatic N) is 5. The van der Waals surface area contributed by atoms with Crippen LogP contribution in [0.15, 0.2) is 67.0 Å². The van der Waals surface area contributed by atoms with Gasteiger partial charge in [0.05, 0.1) is 61.3 Å². The topological polar surface area (TPSA) is 188 Å². The van der Waals surface area contributed by atoms with E-state index in [1.54, 1.807) is 6.20 Å². The van der Waals surface area contributed by atoms with Crippen LogP contribution in [0.1, 0.15) is 78.1 Å². The first-order valence-electron chi connectivity index (χ1n) is 20.7. The van der Waals surface area contributed by atoms with Crippen molar-refractivity contribution in [2.75, 3.05) is 27.3 Å². The Morgan fingerprint density at radius 2 is 1.15 bits per heavy atom. The number of aromatic amines is 2. The third-order valence-electron chi connectivity index (χ3n) is 11.7. The average Bonchev–Trinajstić information content (AvgIpc) is 4.07. The van der Waals surface area contributed by atoms with Crippen molar-refractivity contribution in [1.29, 1.82) is 0 Å². The standard InChI is InChI=1S/C45H55N9O6/c1-24(2)38(51-44(57)59-7)42(55)53-22-26(5)17-36(53)40-46-20-34(49-40)29-11-9-28(10-12-29)30-13-15-32-31(19-30)14-16-33(48-32)35-21-47-41(50-35)37-18-27(6)23-54(37)43(56)39(25(3)4)52-45(58)60-8/h9-16,19-21,24-27,36-39H,17-18,22-23H2,1-8H3,(H,46,49)(H,47,50)(H,51,57)(H,52,58)/t26-,27-,36-,37-,38?,39-/m0/s1. The molecule has 2 aliphatic heterocycles. The van der Waals surface area contributed by atoms with Crippen molar-refractivity contribution in [3.8, 4) is 33.8 Å². The van der Waals surface area contributed by atoms with Gasteiger partial charge in [0.25, 0.3) is 0 Å². The number of imidazole rings is 2. The Bertz CT molecular complexity index is 2350. The number of ether oxygens (including phenoxy) is 2. The third-order valence-corrected chi connectivity index (χ3v) is 11.7. The number of carbonyl (C=O) groups excluding carboxylic acids is 4. The maximum Gasteiger partial charge on any atom is 0.407 e. The Labute approximate surface area is 350 Å². The molecule has 7 rings (SSSR count). The number of fused-ring (bicyclic) bond motifs is 1. The minimum Gasteiger partial charge on any atom is -0.453 e. The van der Waals surface area contributed by atoms with Gasteiger partial charge >= 0.3 is 12.2 Å². The predicted molar refractivity (Wildman–Crippen MR) is 227 cm³/mol. The summed E-state index contributed by atoms with van der Waals surface area (Å²) < 4.78 is 9.56. The Kier molecular flexibility index (Phi) is 12.2. The van der Waals surface area contributed by atoms with Crippen LogP contribution in [0.3, 0.4) is 0 Å². The van der Waals surface area contributed by atoms with Gasteiger partial charge in [0, 0.05) is 18.5 Å². The van der Waals surface area contributed by atoms with E-state index in [0.717, 1.165) is 63.3 Å². The molecule has 2 aromatic carbocycles. The van der Waals surface area contributed by atoms with Gasteiger partial charge in [-0.3, -0.25) is 9.59 Å². The lowest BCUT2D eigenvalue weighted by atomic mass is 10.0. The fourth-order valence-corrected chi connectivity index (χ4v) is 8.44. The SMILES string of the molecule is COC(=O)NC(C(=O)N1C[C@@H](C)C[C@H]1c1ncc(-c2ccc(-c3ccc4nc(-c5cnc([C@@H]6C[C@H](C)CN6C(=O)[C@@H](NC(=O)OC)C(C)C)[nH]5)ccc4c3)cc2)[nH]1)C(C)C. The number of amides is 4. The van der Waals surface area contributed by atoms with Crippen LogP contribution in [0.4, 0.5) is 9.59 Å². The summed E-state index contributed by atoms with van der Waals surface area (Å²) in [6.07, 6.45) is 3.82. The second-order valence-electron chi connectivity index (χ2n) is 17.0. The van der Waals surface area contributed by atoms with Crippen molar-refractivity contribution < 1.29 is 28.7 Å². The summed E-state index contributed by atoms with van der Waals surface area (Å²) in [5, 5.41) is 6.41. The fourth-order valence-electron chi connectivity index (χ4n) is 8.44. The smallest absolute Gasteiger partial charge is 0.407 e. The summed E-state index contributed by atoms with van der Waals surface area (Å²) >= 11 is 0. The maximum absolute atomic E-state index is 13.7. The molecule has 3 aromatic heterocycles. The van der Waals surface area contributed by atoms with E-state index in [9.17, 15) is 19.2 Å². The summed E-state index contributed by atoms with van der Waals surface area (Å²) in [5.41, 5.74) is 6.25. The van der Waals surface area contributed by atoms with Crippen molar-refractivity contribution in [3.63, 3.8) is 0 Å². The van der Waals surface area contributed by atoms with E-state index in [-0.39, 0.29) is 47.6 Å². The number of likely N-dealkylation sites (tertiary alicyclic amines) is 2. The molecule has 5 heterocycles. The first-order valence-corrected chi connectivity index (χ1v) is 20.7.